The highest BCUT2D eigenvalue weighted by Crippen LogP contribution is 2.19. The topological polar surface area (TPSA) is 41.5 Å². The Morgan fingerprint density at radius 2 is 2.45 bits per heavy atom. The van der Waals surface area contributed by atoms with Gasteiger partial charge in [-0.2, -0.15) is 0 Å². The Hall–Kier alpha value is -1.38. The van der Waals surface area contributed by atoms with Crippen LogP contribution in [0.5, 0.6) is 0 Å². The van der Waals surface area contributed by atoms with Crippen LogP contribution in [-0.4, -0.2) is 11.6 Å². The van der Waals surface area contributed by atoms with Gasteiger partial charge in [0, 0.05) is 11.9 Å². The molecule has 11 heavy (non-hydrogen) atoms. The summed E-state index contributed by atoms with van der Waals surface area (Å²) in [7, 11) is 0. The third-order valence-electron chi connectivity index (χ3n) is 1.79. The third kappa shape index (κ3) is 0.888. The number of allylic oxidation sites excluding steroid dienone is 2. The molecule has 1 N–H and O–H groups in total. The predicted octanol–water partition coefficient (Wildman–Crippen LogP) is 0.605. The first kappa shape index (κ1) is 6.34. The first-order chi connectivity index (χ1) is 5.27. The van der Waals surface area contributed by atoms with Gasteiger partial charge in [0.05, 0.1) is 5.71 Å². The zero-order chi connectivity index (χ0) is 7.84. The van der Waals surface area contributed by atoms with Gasteiger partial charge in [-0.25, -0.2) is 0 Å². The summed E-state index contributed by atoms with van der Waals surface area (Å²) in [6.45, 7) is 1.90. The Morgan fingerprint density at radius 3 is 3.18 bits per heavy atom. The number of rotatable bonds is 0. The standard InChI is InChI=1S/C8H8N2O/c1-5-4-6-7(10-5)2-3-9-8(6)11/h2-4,6H,1H3,(H,9,11). The molecule has 0 saturated heterocycles. The van der Waals surface area contributed by atoms with Crippen molar-refractivity contribution in [3.63, 3.8) is 0 Å². The second kappa shape index (κ2) is 2.05. The van der Waals surface area contributed by atoms with Crippen LogP contribution < -0.4 is 5.32 Å². The molecule has 3 heteroatoms. The number of nitrogens with zero attached hydrogens (tertiary/aromatic N) is 1. The fraction of sp³-hybridized carbons (Fsp3) is 0.250. The number of hydrogen-bond acceptors (Lipinski definition) is 2. The second-order valence-corrected chi connectivity index (χ2v) is 2.66. The summed E-state index contributed by atoms with van der Waals surface area (Å²) in [4.78, 5) is 15.3. The third-order valence-corrected chi connectivity index (χ3v) is 1.79. The largest absolute Gasteiger partial charge is 0.332 e. The Balaban J connectivity index is 2.42. The quantitative estimate of drug-likeness (QED) is 0.537. The van der Waals surface area contributed by atoms with Gasteiger partial charge in [-0.15, -0.1) is 0 Å². The van der Waals surface area contributed by atoms with Gasteiger partial charge in [0.15, 0.2) is 0 Å². The van der Waals surface area contributed by atoms with Crippen molar-refractivity contribution in [1.82, 2.24) is 5.32 Å². The summed E-state index contributed by atoms with van der Waals surface area (Å²) in [5.74, 6) is -0.122. The monoisotopic (exact) mass is 148 g/mol. The lowest BCUT2D eigenvalue weighted by molar-refractivity contribution is -0.121. The molecule has 3 nitrogen and oxygen atoms in total. The van der Waals surface area contributed by atoms with Crippen molar-refractivity contribution >= 4 is 11.6 Å². The summed E-state index contributed by atoms with van der Waals surface area (Å²) in [6, 6.07) is 0. The molecule has 0 fully saturated rings. The summed E-state index contributed by atoms with van der Waals surface area (Å²) >= 11 is 0. The molecule has 1 unspecified atom stereocenters. The minimum Gasteiger partial charge on any atom is -0.332 e. The molecule has 2 rings (SSSR count). The van der Waals surface area contributed by atoms with E-state index in [0.717, 1.165) is 11.4 Å². The molecule has 56 valence electrons. The number of carbonyl (C=O) groups excluding carboxylic acids is 1. The SMILES string of the molecule is CC1=CC2C(=O)NC=CC2=N1. The highest BCUT2D eigenvalue weighted by molar-refractivity contribution is 6.15. The van der Waals surface area contributed by atoms with Crippen LogP contribution in [0, 0.1) is 5.92 Å². The van der Waals surface area contributed by atoms with E-state index in [1.165, 1.54) is 0 Å². The van der Waals surface area contributed by atoms with Crippen molar-refractivity contribution in [2.24, 2.45) is 10.9 Å². The normalized spacial score (nSPS) is 27.4. The fourth-order valence-electron chi connectivity index (χ4n) is 1.29. The van der Waals surface area contributed by atoms with Gasteiger partial charge in [0.1, 0.15) is 5.92 Å². The van der Waals surface area contributed by atoms with Crippen LogP contribution in [0.25, 0.3) is 0 Å². The molecule has 0 aromatic heterocycles. The van der Waals surface area contributed by atoms with Crippen molar-refractivity contribution in [3.8, 4) is 0 Å². The Bertz CT molecular complexity index is 299. The summed E-state index contributed by atoms with van der Waals surface area (Å²) in [6.07, 6.45) is 5.33. The number of amides is 1. The van der Waals surface area contributed by atoms with Crippen LogP contribution >= 0.6 is 0 Å². The average molecular weight is 148 g/mol. The van der Waals surface area contributed by atoms with Crippen LogP contribution in [0.2, 0.25) is 0 Å². The smallest absolute Gasteiger partial charge is 0.236 e. The summed E-state index contributed by atoms with van der Waals surface area (Å²) in [5, 5.41) is 2.63. The van der Waals surface area contributed by atoms with E-state index in [9.17, 15) is 4.79 Å². The van der Waals surface area contributed by atoms with E-state index in [1.807, 2.05) is 19.1 Å². The second-order valence-electron chi connectivity index (χ2n) is 2.66. The van der Waals surface area contributed by atoms with E-state index in [1.54, 1.807) is 6.20 Å². The molecule has 0 spiro atoms. The Morgan fingerprint density at radius 1 is 1.64 bits per heavy atom. The fourth-order valence-corrected chi connectivity index (χ4v) is 1.29. The molecule has 0 aliphatic carbocycles. The van der Waals surface area contributed by atoms with Crippen LogP contribution in [0.15, 0.2) is 29.0 Å². The molecule has 0 bridgehead atoms. The lowest BCUT2D eigenvalue weighted by atomic mass is 10.0. The zero-order valence-corrected chi connectivity index (χ0v) is 6.16. The first-order valence-corrected chi connectivity index (χ1v) is 3.51. The Kier molecular flexibility index (Phi) is 1.18. The predicted molar refractivity (Wildman–Crippen MR) is 42.0 cm³/mol. The van der Waals surface area contributed by atoms with Gasteiger partial charge in [-0.3, -0.25) is 9.79 Å². The maximum absolute atomic E-state index is 11.1. The minimum atomic E-state index is -0.139. The van der Waals surface area contributed by atoms with Gasteiger partial charge >= 0.3 is 0 Å². The van der Waals surface area contributed by atoms with Crippen LogP contribution in [0.3, 0.4) is 0 Å². The maximum Gasteiger partial charge on any atom is 0.236 e. The molecule has 0 aromatic carbocycles. The molecule has 1 amide bonds. The van der Waals surface area contributed by atoms with E-state index in [-0.39, 0.29) is 11.8 Å². The lowest BCUT2D eigenvalue weighted by Crippen LogP contribution is -2.33. The number of fused-ring (bicyclic) bond motifs is 1. The van der Waals surface area contributed by atoms with Gasteiger partial charge in [0.25, 0.3) is 0 Å². The highest BCUT2D eigenvalue weighted by atomic mass is 16.1. The Labute approximate surface area is 64.5 Å². The molecule has 2 aliphatic rings. The van der Waals surface area contributed by atoms with Gasteiger partial charge in [-0.05, 0) is 19.1 Å². The molecule has 0 radical (unpaired) electrons. The average Bonchev–Trinajstić information content (AvgIpc) is 2.31. The van der Waals surface area contributed by atoms with Crippen molar-refractivity contribution in [2.75, 3.05) is 0 Å². The van der Waals surface area contributed by atoms with Gasteiger partial charge in [0.2, 0.25) is 5.91 Å². The lowest BCUT2D eigenvalue weighted by Gasteiger charge is -2.11. The van der Waals surface area contributed by atoms with Gasteiger partial charge in [-0.1, -0.05) is 0 Å². The van der Waals surface area contributed by atoms with Crippen molar-refractivity contribution < 1.29 is 4.79 Å². The number of aliphatic imine (C=N–C) groups is 1. The molecule has 0 aromatic rings. The molecule has 1 atom stereocenters. The van der Waals surface area contributed by atoms with Crippen molar-refractivity contribution in [2.45, 2.75) is 6.92 Å². The van der Waals surface area contributed by atoms with E-state index in [0.29, 0.717) is 0 Å². The molecule has 2 heterocycles. The molecular weight excluding hydrogens is 140 g/mol. The van der Waals surface area contributed by atoms with Crippen molar-refractivity contribution in [1.29, 1.82) is 0 Å². The number of carbonyl (C=O) groups is 1. The van der Waals surface area contributed by atoms with Gasteiger partial charge < -0.3 is 5.32 Å². The van der Waals surface area contributed by atoms with Crippen LogP contribution in [0.4, 0.5) is 0 Å². The maximum atomic E-state index is 11.1. The summed E-state index contributed by atoms with van der Waals surface area (Å²) in [5.41, 5.74) is 1.78. The molecule has 0 saturated carbocycles. The molecular formula is C8H8N2O. The van der Waals surface area contributed by atoms with E-state index in [4.69, 9.17) is 0 Å². The van der Waals surface area contributed by atoms with Crippen LogP contribution in [-0.2, 0) is 4.79 Å². The zero-order valence-electron chi connectivity index (χ0n) is 6.16. The number of hydrogen-bond donors (Lipinski definition) is 1. The first-order valence-electron chi connectivity index (χ1n) is 3.51. The highest BCUT2D eigenvalue weighted by Gasteiger charge is 2.26. The summed E-state index contributed by atoms with van der Waals surface area (Å²) < 4.78 is 0. The van der Waals surface area contributed by atoms with E-state index >= 15 is 0 Å². The molecule has 2 aliphatic heterocycles. The van der Waals surface area contributed by atoms with Crippen LogP contribution in [0.1, 0.15) is 6.92 Å². The minimum absolute atomic E-state index is 0.0168. The van der Waals surface area contributed by atoms with E-state index in [2.05, 4.69) is 10.3 Å². The number of nitrogens with one attached hydrogen (secondary N) is 1. The van der Waals surface area contributed by atoms with E-state index < -0.39 is 0 Å². The van der Waals surface area contributed by atoms with Crippen molar-refractivity contribution in [3.05, 3.63) is 24.0 Å².